The Hall–Kier alpha value is -2.39. The number of H-pyrrole nitrogens is 1. The topological polar surface area (TPSA) is 106 Å². The van der Waals surface area contributed by atoms with Crippen molar-refractivity contribution in [2.75, 3.05) is 37.6 Å². The molecular formula is C15H22N6O3. The Bertz CT molecular complexity index is 662. The standard InChI is InChI=1S/C15H22N6O3/c1-23-9-6-21-5-2-13(20-21)16-15(22)17-14-10-12(18-19-14)11-3-7-24-8-4-11/h2,5,10-11H,3-4,6-9H2,1H3,(H3,16,17,18,19,20,22). The van der Waals surface area contributed by atoms with E-state index in [0.29, 0.717) is 30.7 Å². The van der Waals surface area contributed by atoms with Crippen molar-refractivity contribution in [3.8, 4) is 0 Å². The van der Waals surface area contributed by atoms with E-state index < -0.39 is 0 Å². The van der Waals surface area contributed by atoms with Gasteiger partial charge in [0.15, 0.2) is 11.6 Å². The number of hydrogen-bond donors (Lipinski definition) is 3. The van der Waals surface area contributed by atoms with Crippen LogP contribution >= 0.6 is 0 Å². The molecule has 1 saturated heterocycles. The maximum absolute atomic E-state index is 12.0. The highest BCUT2D eigenvalue weighted by Gasteiger charge is 2.18. The van der Waals surface area contributed by atoms with E-state index >= 15 is 0 Å². The van der Waals surface area contributed by atoms with Gasteiger partial charge >= 0.3 is 6.03 Å². The predicted octanol–water partition coefficient (Wildman–Crippen LogP) is 1.79. The van der Waals surface area contributed by atoms with Gasteiger partial charge in [-0.25, -0.2) is 4.79 Å². The molecule has 1 aliphatic rings. The summed E-state index contributed by atoms with van der Waals surface area (Å²) in [6, 6.07) is 3.22. The van der Waals surface area contributed by atoms with Gasteiger partial charge in [-0.1, -0.05) is 0 Å². The molecule has 2 aromatic heterocycles. The number of ether oxygens (including phenoxy) is 2. The number of aromatic nitrogens is 4. The van der Waals surface area contributed by atoms with Crippen LogP contribution in [0, 0.1) is 0 Å². The SMILES string of the molecule is COCCn1ccc(NC(=O)Nc2cc(C3CCOCC3)[nH]n2)n1. The summed E-state index contributed by atoms with van der Waals surface area (Å²) >= 11 is 0. The van der Waals surface area contributed by atoms with Gasteiger partial charge in [-0.2, -0.15) is 10.2 Å². The smallest absolute Gasteiger partial charge is 0.326 e. The lowest BCUT2D eigenvalue weighted by Crippen LogP contribution is -2.20. The molecule has 3 heterocycles. The van der Waals surface area contributed by atoms with Crippen LogP contribution in [0.15, 0.2) is 18.3 Å². The van der Waals surface area contributed by atoms with Crippen LogP contribution in [0.5, 0.6) is 0 Å². The number of nitrogens with zero attached hydrogens (tertiary/aromatic N) is 3. The van der Waals surface area contributed by atoms with Crippen molar-refractivity contribution in [3.05, 3.63) is 24.0 Å². The Labute approximate surface area is 139 Å². The molecule has 2 aromatic rings. The number of hydrogen-bond acceptors (Lipinski definition) is 5. The summed E-state index contributed by atoms with van der Waals surface area (Å²) in [7, 11) is 1.63. The van der Waals surface area contributed by atoms with Crippen molar-refractivity contribution in [3.63, 3.8) is 0 Å². The van der Waals surface area contributed by atoms with Crippen molar-refractivity contribution in [2.45, 2.75) is 25.3 Å². The summed E-state index contributed by atoms with van der Waals surface area (Å²) in [5.74, 6) is 1.37. The summed E-state index contributed by atoms with van der Waals surface area (Å²) in [5, 5.41) is 16.7. The van der Waals surface area contributed by atoms with Crippen LogP contribution in [-0.2, 0) is 16.0 Å². The molecule has 0 saturated carbocycles. The van der Waals surface area contributed by atoms with Gasteiger partial charge in [-0.15, -0.1) is 0 Å². The predicted molar refractivity (Wildman–Crippen MR) is 88.1 cm³/mol. The third kappa shape index (κ3) is 4.33. The van der Waals surface area contributed by atoms with Crippen LogP contribution in [0.3, 0.4) is 0 Å². The molecule has 0 unspecified atom stereocenters. The third-order valence-electron chi connectivity index (χ3n) is 3.91. The van der Waals surface area contributed by atoms with E-state index in [4.69, 9.17) is 9.47 Å². The molecule has 0 spiro atoms. The van der Waals surface area contributed by atoms with Crippen LogP contribution in [0.25, 0.3) is 0 Å². The molecule has 130 valence electrons. The first kappa shape index (κ1) is 16.5. The maximum atomic E-state index is 12.0. The molecule has 24 heavy (non-hydrogen) atoms. The lowest BCUT2D eigenvalue weighted by molar-refractivity contribution is 0.0845. The lowest BCUT2D eigenvalue weighted by atomic mass is 9.97. The van der Waals surface area contributed by atoms with Crippen LogP contribution in [0.2, 0.25) is 0 Å². The summed E-state index contributed by atoms with van der Waals surface area (Å²) in [5.41, 5.74) is 1.03. The molecule has 9 nitrogen and oxygen atoms in total. The number of aromatic amines is 1. The number of urea groups is 1. The molecule has 0 aromatic carbocycles. The van der Waals surface area contributed by atoms with Gasteiger partial charge in [-0.3, -0.25) is 20.4 Å². The van der Waals surface area contributed by atoms with Crippen molar-refractivity contribution in [2.24, 2.45) is 0 Å². The Morgan fingerprint density at radius 3 is 3.00 bits per heavy atom. The van der Waals surface area contributed by atoms with Gasteiger partial charge in [0, 0.05) is 50.3 Å². The molecule has 0 aliphatic carbocycles. The molecule has 9 heteroatoms. The maximum Gasteiger partial charge on any atom is 0.326 e. The minimum atomic E-state index is -0.378. The van der Waals surface area contributed by atoms with Crippen molar-refractivity contribution in [1.82, 2.24) is 20.0 Å². The zero-order valence-electron chi connectivity index (χ0n) is 13.6. The average molecular weight is 334 g/mol. The largest absolute Gasteiger partial charge is 0.383 e. The zero-order valence-corrected chi connectivity index (χ0v) is 13.6. The van der Waals surface area contributed by atoms with E-state index in [1.807, 2.05) is 6.07 Å². The van der Waals surface area contributed by atoms with E-state index in [1.54, 1.807) is 24.1 Å². The second kappa shape index (κ2) is 7.93. The van der Waals surface area contributed by atoms with Crippen molar-refractivity contribution in [1.29, 1.82) is 0 Å². The van der Waals surface area contributed by atoms with E-state index in [9.17, 15) is 4.79 Å². The molecule has 0 bridgehead atoms. The number of nitrogens with one attached hydrogen (secondary N) is 3. The van der Waals surface area contributed by atoms with E-state index in [1.165, 1.54) is 0 Å². The van der Waals surface area contributed by atoms with Gasteiger partial charge < -0.3 is 9.47 Å². The number of rotatable bonds is 6. The Morgan fingerprint density at radius 2 is 2.21 bits per heavy atom. The van der Waals surface area contributed by atoms with E-state index in [-0.39, 0.29) is 6.03 Å². The molecule has 2 amide bonds. The molecule has 1 fully saturated rings. The highest BCUT2D eigenvalue weighted by molar-refractivity contribution is 5.98. The summed E-state index contributed by atoms with van der Waals surface area (Å²) in [4.78, 5) is 12.0. The minimum Gasteiger partial charge on any atom is -0.383 e. The second-order valence-electron chi connectivity index (χ2n) is 5.63. The first-order valence-corrected chi connectivity index (χ1v) is 7.98. The Balaban J connectivity index is 1.51. The van der Waals surface area contributed by atoms with Crippen molar-refractivity contribution >= 4 is 17.7 Å². The van der Waals surface area contributed by atoms with Crippen LogP contribution in [0.1, 0.15) is 24.5 Å². The van der Waals surface area contributed by atoms with Crippen LogP contribution in [-0.4, -0.2) is 52.9 Å². The molecule has 3 rings (SSSR count). The quantitative estimate of drug-likeness (QED) is 0.747. The van der Waals surface area contributed by atoms with E-state index in [2.05, 4.69) is 25.9 Å². The summed E-state index contributed by atoms with van der Waals surface area (Å²) in [6.45, 7) is 2.72. The Kier molecular flexibility index (Phi) is 5.44. The number of anilines is 2. The fourth-order valence-corrected chi connectivity index (χ4v) is 2.62. The first-order valence-electron chi connectivity index (χ1n) is 7.98. The molecule has 0 atom stereocenters. The lowest BCUT2D eigenvalue weighted by Gasteiger charge is -2.20. The monoisotopic (exact) mass is 334 g/mol. The molecule has 0 radical (unpaired) electrons. The average Bonchev–Trinajstić information content (AvgIpc) is 3.23. The summed E-state index contributed by atoms with van der Waals surface area (Å²) in [6.07, 6.45) is 3.71. The second-order valence-corrected chi connectivity index (χ2v) is 5.63. The fraction of sp³-hybridized carbons (Fsp3) is 0.533. The number of methoxy groups -OCH3 is 1. The normalized spacial score (nSPS) is 15.4. The van der Waals surface area contributed by atoms with Crippen molar-refractivity contribution < 1.29 is 14.3 Å². The number of carbonyl (C=O) groups excluding carboxylic acids is 1. The van der Waals surface area contributed by atoms with E-state index in [0.717, 1.165) is 31.7 Å². The molecule has 3 N–H and O–H groups in total. The minimum absolute atomic E-state index is 0.378. The van der Waals surface area contributed by atoms with Crippen LogP contribution < -0.4 is 10.6 Å². The van der Waals surface area contributed by atoms with Crippen LogP contribution in [0.4, 0.5) is 16.4 Å². The van der Waals surface area contributed by atoms with Gasteiger partial charge in [-0.05, 0) is 12.8 Å². The number of amides is 2. The highest BCUT2D eigenvalue weighted by atomic mass is 16.5. The van der Waals surface area contributed by atoms with Gasteiger partial charge in [0.1, 0.15) is 0 Å². The first-order chi connectivity index (χ1) is 11.7. The summed E-state index contributed by atoms with van der Waals surface area (Å²) < 4.78 is 12.0. The van der Waals surface area contributed by atoms with Gasteiger partial charge in [0.05, 0.1) is 13.2 Å². The highest BCUT2D eigenvalue weighted by Crippen LogP contribution is 2.26. The third-order valence-corrected chi connectivity index (χ3v) is 3.91. The van der Waals surface area contributed by atoms with Gasteiger partial charge in [0.2, 0.25) is 0 Å². The fourth-order valence-electron chi connectivity index (χ4n) is 2.62. The Morgan fingerprint density at radius 1 is 1.42 bits per heavy atom. The number of carbonyl (C=O) groups is 1. The molecule has 1 aliphatic heterocycles. The zero-order chi connectivity index (χ0) is 16.8. The molecular weight excluding hydrogens is 312 g/mol. The van der Waals surface area contributed by atoms with Gasteiger partial charge in [0.25, 0.3) is 0 Å².